The normalized spacial score (nSPS) is 13.5. The first-order chi connectivity index (χ1) is 15.8. The summed E-state index contributed by atoms with van der Waals surface area (Å²) < 4.78 is 24.9. The average molecular weight is 511 g/mol. The van der Waals surface area contributed by atoms with E-state index in [1.165, 1.54) is 6.07 Å². The van der Waals surface area contributed by atoms with E-state index in [2.05, 4.69) is 15.6 Å². The number of hydrogen-bond donors (Lipinski definition) is 2. The van der Waals surface area contributed by atoms with Crippen LogP contribution in [0.5, 0.6) is 0 Å². The van der Waals surface area contributed by atoms with Gasteiger partial charge in [-0.1, -0.05) is 53.5 Å². The van der Waals surface area contributed by atoms with Crippen molar-refractivity contribution in [2.24, 2.45) is 4.99 Å². The van der Waals surface area contributed by atoms with Gasteiger partial charge in [0.1, 0.15) is 11.7 Å². The van der Waals surface area contributed by atoms with Crippen LogP contribution in [-0.2, 0) is 21.1 Å². The molecular weight excluding hydrogens is 483 g/mol. The zero-order valence-corrected chi connectivity index (χ0v) is 20.8. The number of halogens is 2. The number of amides is 1. The number of nitrogens with one attached hydrogen (secondary N) is 2. The monoisotopic (exact) mass is 510 g/mol. The number of aliphatic imine (C=N–C) groups is 1. The summed E-state index contributed by atoms with van der Waals surface area (Å²) in [6, 6.07) is 12.6. The first kappa shape index (κ1) is 25.5. The van der Waals surface area contributed by atoms with Gasteiger partial charge in [-0.25, -0.2) is 8.42 Å². The highest BCUT2D eigenvalue weighted by atomic mass is 35.5. The van der Waals surface area contributed by atoms with E-state index in [4.69, 9.17) is 23.2 Å². The summed E-state index contributed by atoms with van der Waals surface area (Å²) >= 11 is 11.9. The smallest absolute Gasteiger partial charge is 0.222 e. The topological polar surface area (TPSA) is 90.9 Å². The minimum atomic E-state index is -3.60. The molecule has 1 aliphatic heterocycles. The van der Waals surface area contributed by atoms with Crippen molar-refractivity contribution in [3.8, 4) is 0 Å². The average Bonchev–Trinajstić information content (AvgIpc) is 3.34. The van der Waals surface area contributed by atoms with Gasteiger partial charge in [0.15, 0.2) is 9.84 Å². The fraction of sp³-hybridized carbons (Fsp3) is 0.391. The number of hydrogen-bond acceptors (Lipinski definition) is 6. The van der Waals surface area contributed by atoms with Crippen LogP contribution in [0.4, 0.5) is 0 Å². The standard InChI is InChI=1S/C23H28Cl2N4O3S/c1-29(15-3-12-26-16-33(31,32)20-5-2-4-19(24)22(20)25)21(30)11-8-17-6-9-18(10-7-17)23-27-13-14-28-23/h2,4-7,9-10,26H,3,8,11-16H2,1H3,(H,27,28). The third-order valence-corrected chi connectivity index (χ3v) is 7.87. The summed E-state index contributed by atoms with van der Waals surface area (Å²) in [5.74, 6) is 0.733. The Balaban J connectivity index is 1.36. The fourth-order valence-corrected chi connectivity index (χ4v) is 5.38. The molecule has 3 rings (SSSR count). The summed E-state index contributed by atoms with van der Waals surface area (Å²) in [6.07, 6.45) is 1.72. The lowest BCUT2D eigenvalue weighted by atomic mass is 10.1. The van der Waals surface area contributed by atoms with Crippen molar-refractivity contribution in [1.82, 2.24) is 15.5 Å². The van der Waals surface area contributed by atoms with Gasteiger partial charge in [0, 0.05) is 32.1 Å². The largest absolute Gasteiger partial charge is 0.368 e. The van der Waals surface area contributed by atoms with E-state index in [0.717, 1.165) is 30.1 Å². The van der Waals surface area contributed by atoms with Crippen molar-refractivity contribution in [3.05, 3.63) is 63.6 Å². The quantitative estimate of drug-likeness (QED) is 0.453. The third-order valence-electron chi connectivity index (χ3n) is 5.35. The predicted molar refractivity (Wildman–Crippen MR) is 133 cm³/mol. The summed E-state index contributed by atoms with van der Waals surface area (Å²) in [7, 11) is -1.84. The maximum atomic E-state index is 12.4. The van der Waals surface area contributed by atoms with Gasteiger partial charge in [0.25, 0.3) is 0 Å². The first-order valence-electron chi connectivity index (χ1n) is 10.8. The molecule has 0 bridgehead atoms. The SMILES string of the molecule is CN(CCCNCS(=O)(=O)c1cccc(Cl)c1Cl)C(=O)CCc1ccc(C2=NCCN2)cc1. The number of carbonyl (C=O) groups excluding carboxylic acids is 1. The Bertz CT molecular complexity index is 1110. The van der Waals surface area contributed by atoms with Gasteiger partial charge in [-0.15, -0.1) is 0 Å². The highest BCUT2D eigenvalue weighted by Crippen LogP contribution is 2.29. The molecule has 0 saturated heterocycles. The number of sulfone groups is 1. The molecule has 0 unspecified atom stereocenters. The summed E-state index contributed by atoms with van der Waals surface area (Å²) in [5, 5.41) is 6.39. The second-order valence-electron chi connectivity index (χ2n) is 7.83. The van der Waals surface area contributed by atoms with E-state index in [-0.39, 0.29) is 26.7 Å². The number of benzene rings is 2. The Hall–Kier alpha value is -2.13. The van der Waals surface area contributed by atoms with Crippen molar-refractivity contribution >= 4 is 44.8 Å². The van der Waals surface area contributed by atoms with Gasteiger partial charge >= 0.3 is 0 Å². The maximum absolute atomic E-state index is 12.4. The number of aryl methyl sites for hydroxylation is 1. The predicted octanol–water partition coefficient (Wildman–Crippen LogP) is 3.15. The van der Waals surface area contributed by atoms with Gasteiger partial charge in [-0.2, -0.15) is 0 Å². The van der Waals surface area contributed by atoms with Crippen molar-refractivity contribution in [2.75, 3.05) is 39.1 Å². The zero-order valence-electron chi connectivity index (χ0n) is 18.5. The van der Waals surface area contributed by atoms with Crippen LogP contribution in [0, 0.1) is 0 Å². The second kappa shape index (κ2) is 11.8. The van der Waals surface area contributed by atoms with Crippen LogP contribution in [0.2, 0.25) is 10.0 Å². The molecule has 0 radical (unpaired) electrons. The van der Waals surface area contributed by atoms with E-state index in [9.17, 15) is 13.2 Å². The van der Waals surface area contributed by atoms with Gasteiger partial charge in [0.2, 0.25) is 5.91 Å². The van der Waals surface area contributed by atoms with Gasteiger partial charge in [-0.3, -0.25) is 9.79 Å². The molecule has 0 atom stereocenters. The fourth-order valence-electron chi connectivity index (χ4n) is 3.44. The van der Waals surface area contributed by atoms with E-state index >= 15 is 0 Å². The van der Waals surface area contributed by atoms with Crippen LogP contribution in [0.1, 0.15) is 24.0 Å². The highest BCUT2D eigenvalue weighted by Gasteiger charge is 2.19. The van der Waals surface area contributed by atoms with Gasteiger partial charge < -0.3 is 15.5 Å². The van der Waals surface area contributed by atoms with Gasteiger partial charge in [-0.05, 0) is 37.1 Å². The van der Waals surface area contributed by atoms with Crippen LogP contribution < -0.4 is 10.6 Å². The number of amidine groups is 1. The van der Waals surface area contributed by atoms with Crippen molar-refractivity contribution in [1.29, 1.82) is 0 Å². The van der Waals surface area contributed by atoms with Crippen molar-refractivity contribution in [3.63, 3.8) is 0 Å². The molecule has 2 N–H and O–H groups in total. The number of rotatable bonds is 11. The summed E-state index contributed by atoms with van der Waals surface area (Å²) in [4.78, 5) is 18.5. The van der Waals surface area contributed by atoms with Crippen molar-refractivity contribution < 1.29 is 13.2 Å². The van der Waals surface area contributed by atoms with Gasteiger partial charge in [0.05, 0.1) is 21.5 Å². The minimum Gasteiger partial charge on any atom is -0.368 e. The molecule has 33 heavy (non-hydrogen) atoms. The van der Waals surface area contributed by atoms with E-state index in [1.54, 1.807) is 24.1 Å². The molecule has 1 aliphatic rings. The maximum Gasteiger partial charge on any atom is 0.222 e. The first-order valence-corrected chi connectivity index (χ1v) is 13.2. The molecule has 0 fully saturated rings. The van der Waals surface area contributed by atoms with E-state index < -0.39 is 9.84 Å². The van der Waals surface area contributed by atoms with Crippen molar-refractivity contribution in [2.45, 2.75) is 24.2 Å². The molecule has 10 heteroatoms. The third kappa shape index (κ3) is 7.17. The minimum absolute atomic E-state index is 0.0111. The Labute approximate surface area is 205 Å². The molecule has 0 spiro atoms. The van der Waals surface area contributed by atoms with E-state index in [1.807, 2.05) is 24.3 Å². The Morgan fingerprint density at radius 1 is 1.18 bits per heavy atom. The summed E-state index contributed by atoms with van der Waals surface area (Å²) in [6.45, 7) is 2.67. The number of nitrogens with zero attached hydrogens (tertiary/aromatic N) is 2. The molecule has 1 heterocycles. The molecule has 7 nitrogen and oxygen atoms in total. The molecule has 0 aromatic heterocycles. The zero-order chi connectivity index (χ0) is 23.8. The highest BCUT2D eigenvalue weighted by molar-refractivity contribution is 7.91. The summed E-state index contributed by atoms with van der Waals surface area (Å²) in [5.41, 5.74) is 2.16. The molecule has 2 aromatic carbocycles. The molecule has 0 aliphatic carbocycles. The van der Waals surface area contributed by atoms with Crippen LogP contribution in [-0.4, -0.2) is 64.2 Å². The molecular formula is C23H28Cl2N4O3S. The Morgan fingerprint density at radius 2 is 1.94 bits per heavy atom. The number of carbonyl (C=O) groups is 1. The van der Waals surface area contributed by atoms with Crippen LogP contribution in [0.3, 0.4) is 0 Å². The lowest BCUT2D eigenvalue weighted by molar-refractivity contribution is -0.129. The Morgan fingerprint density at radius 3 is 2.64 bits per heavy atom. The van der Waals surface area contributed by atoms with Crippen LogP contribution >= 0.6 is 23.2 Å². The van der Waals surface area contributed by atoms with E-state index in [0.29, 0.717) is 32.4 Å². The molecule has 1 amide bonds. The van der Waals surface area contributed by atoms with Crippen LogP contribution in [0.15, 0.2) is 52.4 Å². The Kier molecular flexibility index (Phi) is 9.14. The lowest BCUT2D eigenvalue weighted by Crippen LogP contribution is -2.31. The lowest BCUT2D eigenvalue weighted by Gasteiger charge is -2.17. The van der Waals surface area contributed by atoms with Crippen LogP contribution in [0.25, 0.3) is 0 Å². The second-order valence-corrected chi connectivity index (χ2v) is 10.6. The molecule has 2 aromatic rings. The molecule has 0 saturated carbocycles. The molecule has 178 valence electrons.